The number of rotatable bonds is 11. The number of nitrogens with one attached hydrogen (secondary N) is 3. The summed E-state index contributed by atoms with van der Waals surface area (Å²) in [5.74, 6) is 3.00. The van der Waals surface area contributed by atoms with Crippen LogP contribution in [0.1, 0.15) is 97.8 Å². The van der Waals surface area contributed by atoms with Crippen molar-refractivity contribution in [3.63, 3.8) is 0 Å². The van der Waals surface area contributed by atoms with E-state index in [2.05, 4.69) is 53.1 Å². The van der Waals surface area contributed by atoms with Gasteiger partial charge in [0.15, 0.2) is 0 Å². The Hall–Kier alpha value is -5.39. The van der Waals surface area contributed by atoms with E-state index in [0.717, 1.165) is 17.7 Å². The molecule has 5 N–H and O–H groups in total. The standard InChI is InChI=1S/C53H56Cl2FN6O11PS/c1-51(2,3)26-43-53(28-57-40-23-32(54)13-15-37(40)53)45(35-9-6-10-38(55)46(35)56)47(59-43)48(64)58-39-16-14-33(24-42(39)72-4)75(70,71)60-21-19-52(20-22-60)25-31(52)12-11-30-7-5-8-34-36(30)27-61(49(34)65)41-17-18-44(63)62(50(41)66)29-73-74(67,68)69/h5-10,13-16,23-24,31,41,43,45,47,57,59H,17-22,25-29H2,1-4H3,(H,58,64)(H2,67,68,69)/t31-,41+,43+,45+,47-,53+/m1/s1. The first-order valence-electron chi connectivity index (χ1n) is 24.7. The summed E-state index contributed by atoms with van der Waals surface area (Å²) in [6.07, 6.45) is 2.44. The zero-order valence-electron chi connectivity index (χ0n) is 41.5. The van der Waals surface area contributed by atoms with Crippen LogP contribution in [0.25, 0.3) is 0 Å². The number of carbonyl (C=O) groups excluding carboxylic acids is 4. The maximum absolute atomic E-state index is 16.4. The first-order chi connectivity index (χ1) is 35.4. The molecule has 5 aliphatic heterocycles. The Morgan fingerprint density at radius 1 is 1.03 bits per heavy atom. The molecule has 4 fully saturated rings. The van der Waals surface area contributed by atoms with Crippen molar-refractivity contribution in [2.45, 2.75) is 100 Å². The summed E-state index contributed by atoms with van der Waals surface area (Å²) in [5, 5.41) is 10.6. The molecule has 0 unspecified atom stereocenters. The van der Waals surface area contributed by atoms with E-state index < -0.39 is 77.4 Å². The topological polar surface area (TPSA) is 224 Å². The minimum atomic E-state index is -4.98. The van der Waals surface area contributed by atoms with Gasteiger partial charge in [0.25, 0.3) is 11.8 Å². The van der Waals surface area contributed by atoms with Crippen LogP contribution >= 0.6 is 31.0 Å². The summed E-state index contributed by atoms with van der Waals surface area (Å²) in [7, 11) is -7.61. The third-order valence-electron chi connectivity index (χ3n) is 15.9. The van der Waals surface area contributed by atoms with Crippen LogP contribution < -0.4 is 20.7 Å². The van der Waals surface area contributed by atoms with Crippen LogP contribution in [0.5, 0.6) is 5.75 Å². The number of phosphoric acid groups is 1. The highest BCUT2D eigenvalue weighted by molar-refractivity contribution is 7.89. The van der Waals surface area contributed by atoms with Gasteiger partial charge in [-0.15, -0.1) is 0 Å². The number of benzene rings is 4. The molecule has 4 aromatic rings. The van der Waals surface area contributed by atoms with Crippen molar-refractivity contribution < 1.29 is 55.6 Å². The van der Waals surface area contributed by atoms with Gasteiger partial charge >= 0.3 is 7.82 Å². The van der Waals surface area contributed by atoms with Crippen LogP contribution in [0.4, 0.5) is 15.8 Å². The number of carbonyl (C=O) groups is 4. The second kappa shape index (κ2) is 19.6. The van der Waals surface area contributed by atoms with E-state index in [0.29, 0.717) is 52.4 Å². The summed E-state index contributed by atoms with van der Waals surface area (Å²) < 4.78 is 67.8. The molecule has 0 radical (unpaired) electrons. The molecule has 6 atom stereocenters. The largest absolute Gasteiger partial charge is 0.495 e. The molecule has 1 saturated carbocycles. The number of likely N-dealkylation sites (tertiary alicyclic amines) is 1. The molecule has 3 saturated heterocycles. The smallest absolute Gasteiger partial charge is 0.471 e. The molecule has 6 aliphatic rings. The zero-order valence-corrected chi connectivity index (χ0v) is 44.7. The lowest BCUT2D eigenvalue weighted by atomic mass is 9.63. The van der Waals surface area contributed by atoms with Gasteiger partial charge in [-0.1, -0.05) is 80.1 Å². The average Bonchev–Trinajstić information content (AvgIpc) is 3.58. The number of methoxy groups -OCH3 is 1. The molecular formula is C53H56Cl2FN6O11PS. The number of fused-ring (bicyclic) bond motifs is 3. The van der Waals surface area contributed by atoms with Gasteiger partial charge in [-0.3, -0.25) is 28.6 Å². The van der Waals surface area contributed by atoms with Gasteiger partial charge in [0.1, 0.15) is 24.3 Å². The molecular weight excluding hydrogens is 1050 g/mol. The number of anilines is 2. The fraction of sp³-hybridized carbons (Fsp3) is 0.434. The first kappa shape index (κ1) is 53.0. The molecule has 22 heteroatoms. The lowest BCUT2D eigenvalue weighted by Gasteiger charge is -2.39. The number of sulfonamides is 1. The highest BCUT2D eigenvalue weighted by atomic mass is 35.5. The predicted molar refractivity (Wildman–Crippen MR) is 277 cm³/mol. The molecule has 5 heterocycles. The Morgan fingerprint density at radius 2 is 1.77 bits per heavy atom. The molecule has 4 aromatic carbocycles. The van der Waals surface area contributed by atoms with Crippen molar-refractivity contribution >= 4 is 76.1 Å². The normalized spacial score (nSPS) is 25.2. The summed E-state index contributed by atoms with van der Waals surface area (Å²) >= 11 is 12.9. The van der Waals surface area contributed by atoms with E-state index in [1.165, 1.54) is 40.6 Å². The first-order valence-corrected chi connectivity index (χ1v) is 28.4. The van der Waals surface area contributed by atoms with Crippen LogP contribution in [0.3, 0.4) is 0 Å². The van der Waals surface area contributed by atoms with Gasteiger partial charge in [0, 0.05) is 83.8 Å². The fourth-order valence-electron chi connectivity index (χ4n) is 12.1. The molecule has 1 aliphatic carbocycles. The predicted octanol–water partition coefficient (Wildman–Crippen LogP) is 7.39. The Kier molecular flexibility index (Phi) is 13.8. The molecule has 10 rings (SSSR count). The number of halogens is 3. The number of ether oxygens (including phenoxy) is 1. The van der Waals surface area contributed by atoms with E-state index in [4.69, 9.17) is 37.7 Å². The van der Waals surface area contributed by atoms with Gasteiger partial charge in [-0.25, -0.2) is 17.4 Å². The lowest BCUT2D eigenvalue weighted by molar-refractivity contribution is -0.156. The van der Waals surface area contributed by atoms with Crippen molar-refractivity contribution in [1.82, 2.24) is 19.4 Å². The minimum Gasteiger partial charge on any atom is -0.495 e. The number of amides is 4. The molecule has 396 valence electrons. The van der Waals surface area contributed by atoms with Gasteiger partial charge in [-0.05, 0) is 102 Å². The molecule has 0 aromatic heterocycles. The Labute approximate surface area is 444 Å². The van der Waals surface area contributed by atoms with E-state index in [1.807, 2.05) is 12.1 Å². The number of nitrogens with zero attached hydrogens (tertiary/aromatic N) is 3. The highest BCUT2D eigenvalue weighted by Crippen LogP contribution is 2.60. The Balaban J connectivity index is 0.823. The van der Waals surface area contributed by atoms with E-state index in [9.17, 15) is 32.2 Å². The summed E-state index contributed by atoms with van der Waals surface area (Å²) in [6, 6.07) is 17.5. The van der Waals surface area contributed by atoms with Crippen molar-refractivity contribution in [1.29, 1.82) is 0 Å². The maximum Gasteiger partial charge on any atom is 0.471 e. The quantitative estimate of drug-likeness (QED) is 0.0562. The van der Waals surface area contributed by atoms with E-state index in [-0.39, 0.29) is 82.2 Å². The zero-order chi connectivity index (χ0) is 53.6. The van der Waals surface area contributed by atoms with Crippen molar-refractivity contribution in [3.8, 4) is 17.6 Å². The van der Waals surface area contributed by atoms with Crippen LogP contribution in [0.2, 0.25) is 10.0 Å². The lowest BCUT2D eigenvalue weighted by Crippen LogP contribution is -2.55. The third kappa shape index (κ3) is 9.76. The molecule has 17 nitrogen and oxygen atoms in total. The number of piperidine rings is 2. The number of hydrogen-bond donors (Lipinski definition) is 5. The van der Waals surface area contributed by atoms with Crippen LogP contribution in [-0.2, 0) is 45.5 Å². The van der Waals surface area contributed by atoms with Gasteiger partial charge in [0.2, 0.25) is 21.8 Å². The van der Waals surface area contributed by atoms with Gasteiger partial charge in [0.05, 0.1) is 28.8 Å². The van der Waals surface area contributed by atoms with Gasteiger partial charge in [-0.2, -0.15) is 4.31 Å². The second-order valence-electron chi connectivity index (χ2n) is 21.5. The fourth-order valence-corrected chi connectivity index (χ4v) is 14.2. The summed E-state index contributed by atoms with van der Waals surface area (Å²) in [4.78, 5) is 74.5. The Bertz CT molecular complexity index is 3280. The molecule has 0 bridgehead atoms. The van der Waals surface area contributed by atoms with E-state index >= 15 is 4.39 Å². The number of imide groups is 1. The van der Waals surface area contributed by atoms with Crippen LogP contribution in [0, 0.1) is 34.4 Å². The second-order valence-corrected chi connectivity index (χ2v) is 25.6. The highest BCUT2D eigenvalue weighted by Gasteiger charge is 2.62. The molecule has 4 amide bonds. The van der Waals surface area contributed by atoms with Crippen molar-refractivity contribution in [2.24, 2.45) is 16.7 Å². The van der Waals surface area contributed by atoms with E-state index in [1.54, 1.807) is 36.4 Å². The average molecular weight is 1110 g/mol. The minimum absolute atomic E-state index is 0.0139. The monoisotopic (exact) mass is 1100 g/mol. The SMILES string of the molecule is COc1cc(S(=O)(=O)N2CCC3(CC2)C[C@H]3C#Cc2cccc3c2CN([C@H]2CCC(=O)N(COP(=O)(O)O)C2=O)C3=O)ccc1NC(=O)[C@@H]1N[C@@H](CC(C)(C)C)[C@@]2(CNc3cc(Cl)ccc32)[C@H]1c1cccc(Cl)c1F. The summed E-state index contributed by atoms with van der Waals surface area (Å²) in [5.41, 5.74) is 2.59. The number of hydrogen-bond acceptors (Lipinski definition) is 11. The van der Waals surface area contributed by atoms with Gasteiger partial charge < -0.3 is 35.4 Å². The van der Waals surface area contributed by atoms with Crippen molar-refractivity contribution in [3.05, 3.63) is 116 Å². The summed E-state index contributed by atoms with van der Waals surface area (Å²) in [6.45, 7) is 6.33. The Morgan fingerprint density at radius 3 is 2.49 bits per heavy atom. The molecule has 2 spiro atoms. The van der Waals surface area contributed by atoms with Crippen molar-refractivity contribution in [2.75, 3.05) is 44.1 Å². The molecule has 75 heavy (non-hydrogen) atoms. The van der Waals surface area contributed by atoms with Crippen LogP contribution in [0.15, 0.2) is 77.7 Å². The van der Waals surface area contributed by atoms with Crippen LogP contribution in [-0.4, -0.2) is 108 Å². The number of phosphoric ester groups is 1. The maximum atomic E-state index is 16.4. The third-order valence-corrected chi connectivity index (χ3v) is 18.8.